The van der Waals surface area contributed by atoms with E-state index in [1.54, 1.807) is 7.05 Å². The van der Waals surface area contributed by atoms with Gasteiger partial charge in [0.25, 0.3) is 0 Å². The lowest BCUT2D eigenvalue weighted by molar-refractivity contribution is -0.131. The highest BCUT2D eigenvalue weighted by Crippen LogP contribution is 2.38. The fourth-order valence-corrected chi connectivity index (χ4v) is 1.93. The fourth-order valence-electron chi connectivity index (χ4n) is 1.93. The van der Waals surface area contributed by atoms with Crippen molar-refractivity contribution in [3.63, 3.8) is 0 Å². The molecule has 12 heavy (non-hydrogen) atoms. The summed E-state index contributed by atoms with van der Waals surface area (Å²) in [4.78, 5) is 11.5. The molecule has 1 saturated carbocycles. The number of hydrogen-bond donors (Lipinski definition) is 1. The molecule has 1 amide bonds. The first-order valence-corrected chi connectivity index (χ1v) is 4.81. The molecule has 0 aliphatic heterocycles. The van der Waals surface area contributed by atoms with E-state index >= 15 is 0 Å². The van der Waals surface area contributed by atoms with Crippen LogP contribution in [0.1, 0.15) is 39.5 Å². The van der Waals surface area contributed by atoms with Gasteiger partial charge in [0.15, 0.2) is 0 Å². The van der Waals surface area contributed by atoms with Crippen molar-refractivity contribution >= 4 is 5.91 Å². The maximum Gasteiger partial charge on any atom is 0.225 e. The average Bonchev–Trinajstić information content (AvgIpc) is 2.09. The molecule has 2 nitrogen and oxygen atoms in total. The number of carbonyl (C=O) groups excluding carboxylic acids is 1. The summed E-state index contributed by atoms with van der Waals surface area (Å²) in [6.45, 7) is 4.35. The van der Waals surface area contributed by atoms with Gasteiger partial charge in [0.05, 0.1) is 0 Å². The molecule has 1 aliphatic carbocycles. The summed E-state index contributed by atoms with van der Waals surface area (Å²) in [6, 6.07) is 0. The van der Waals surface area contributed by atoms with Crippen molar-refractivity contribution in [3.8, 4) is 0 Å². The molecule has 1 fully saturated rings. The predicted octanol–water partition coefficient (Wildman–Crippen LogP) is 1.95. The summed E-state index contributed by atoms with van der Waals surface area (Å²) < 4.78 is 0. The minimum absolute atomic E-state index is 0.0821. The van der Waals surface area contributed by atoms with Crippen LogP contribution in [0.5, 0.6) is 0 Å². The molecule has 0 bridgehead atoms. The van der Waals surface area contributed by atoms with Crippen LogP contribution in [0.4, 0.5) is 0 Å². The Morgan fingerprint density at radius 2 is 1.92 bits per heavy atom. The fraction of sp³-hybridized carbons (Fsp3) is 0.900. The van der Waals surface area contributed by atoms with Gasteiger partial charge in [-0.1, -0.05) is 13.8 Å². The summed E-state index contributed by atoms with van der Waals surface area (Å²) in [5.41, 5.74) is -0.0821. The summed E-state index contributed by atoms with van der Waals surface area (Å²) in [5.74, 6) is 1.03. The second kappa shape index (κ2) is 3.46. The Labute approximate surface area is 74.7 Å². The van der Waals surface area contributed by atoms with Gasteiger partial charge in [-0.15, -0.1) is 0 Å². The van der Waals surface area contributed by atoms with Crippen molar-refractivity contribution in [2.75, 3.05) is 7.05 Å². The van der Waals surface area contributed by atoms with Crippen LogP contribution in [0.25, 0.3) is 0 Å². The smallest absolute Gasteiger partial charge is 0.225 e. The first-order valence-electron chi connectivity index (χ1n) is 4.81. The molecule has 0 aromatic heterocycles. The Hall–Kier alpha value is -0.530. The zero-order chi connectivity index (χ0) is 9.19. The van der Waals surface area contributed by atoms with Gasteiger partial charge in [0, 0.05) is 12.5 Å². The SMILES string of the molecule is CNC(=O)C1(C)CCC(C)CC1. The van der Waals surface area contributed by atoms with Crippen molar-refractivity contribution in [1.82, 2.24) is 5.32 Å². The first kappa shape index (κ1) is 9.56. The highest BCUT2D eigenvalue weighted by atomic mass is 16.2. The average molecular weight is 169 g/mol. The summed E-state index contributed by atoms with van der Waals surface area (Å²) in [7, 11) is 1.73. The highest BCUT2D eigenvalue weighted by Gasteiger charge is 2.35. The monoisotopic (exact) mass is 169 g/mol. The van der Waals surface area contributed by atoms with Crippen LogP contribution in [0.3, 0.4) is 0 Å². The van der Waals surface area contributed by atoms with Crippen molar-refractivity contribution in [2.24, 2.45) is 11.3 Å². The molecule has 0 unspecified atom stereocenters. The molecule has 0 radical (unpaired) electrons. The third-order valence-electron chi connectivity index (χ3n) is 3.15. The molecule has 0 aromatic rings. The Morgan fingerprint density at radius 3 is 2.33 bits per heavy atom. The largest absolute Gasteiger partial charge is 0.359 e. The third-order valence-corrected chi connectivity index (χ3v) is 3.15. The molecule has 0 heterocycles. The maximum atomic E-state index is 11.5. The molecule has 0 saturated heterocycles. The summed E-state index contributed by atoms with van der Waals surface area (Å²) in [5, 5.41) is 2.75. The maximum absolute atomic E-state index is 11.5. The van der Waals surface area contributed by atoms with Crippen molar-refractivity contribution in [3.05, 3.63) is 0 Å². The molecule has 0 aromatic carbocycles. The van der Waals surface area contributed by atoms with E-state index in [4.69, 9.17) is 0 Å². The third kappa shape index (κ3) is 1.79. The van der Waals surface area contributed by atoms with Gasteiger partial charge >= 0.3 is 0 Å². The van der Waals surface area contributed by atoms with Gasteiger partial charge in [0.2, 0.25) is 5.91 Å². The predicted molar refractivity (Wildman–Crippen MR) is 49.8 cm³/mol. The normalized spacial score (nSPS) is 36.1. The first-order chi connectivity index (χ1) is 5.58. The van der Waals surface area contributed by atoms with Gasteiger partial charge in [-0.05, 0) is 31.6 Å². The van der Waals surface area contributed by atoms with E-state index in [1.807, 2.05) is 0 Å². The van der Waals surface area contributed by atoms with E-state index in [2.05, 4.69) is 19.2 Å². The van der Waals surface area contributed by atoms with Gasteiger partial charge in [0.1, 0.15) is 0 Å². The van der Waals surface area contributed by atoms with Crippen LogP contribution >= 0.6 is 0 Å². The van der Waals surface area contributed by atoms with Crippen molar-refractivity contribution in [2.45, 2.75) is 39.5 Å². The molecule has 70 valence electrons. The van der Waals surface area contributed by atoms with E-state index in [-0.39, 0.29) is 11.3 Å². The van der Waals surface area contributed by atoms with Gasteiger partial charge in [-0.25, -0.2) is 0 Å². The minimum Gasteiger partial charge on any atom is -0.359 e. The van der Waals surface area contributed by atoms with Crippen LogP contribution in [-0.2, 0) is 4.79 Å². The second-order valence-electron chi connectivity index (χ2n) is 4.32. The van der Waals surface area contributed by atoms with Crippen LogP contribution < -0.4 is 5.32 Å². The summed E-state index contributed by atoms with van der Waals surface area (Å²) >= 11 is 0. The van der Waals surface area contributed by atoms with E-state index in [0.717, 1.165) is 18.8 Å². The van der Waals surface area contributed by atoms with Crippen LogP contribution in [0, 0.1) is 11.3 Å². The molecule has 0 atom stereocenters. The molecule has 2 heteroatoms. The van der Waals surface area contributed by atoms with Gasteiger partial charge in [-0.3, -0.25) is 4.79 Å². The number of amides is 1. The standard InChI is InChI=1S/C10H19NO/c1-8-4-6-10(2,7-5-8)9(12)11-3/h8H,4-7H2,1-3H3,(H,11,12). The summed E-state index contributed by atoms with van der Waals surface area (Å²) in [6.07, 6.45) is 4.50. The Bertz CT molecular complexity index is 169. The molecule has 0 spiro atoms. The lowest BCUT2D eigenvalue weighted by atomic mass is 9.72. The quantitative estimate of drug-likeness (QED) is 0.638. The topological polar surface area (TPSA) is 29.1 Å². The van der Waals surface area contributed by atoms with Gasteiger partial charge < -0.3 is 5.32 Å². The second-order valence-corrected chi connectivity index (χ2v) is 4.32. The zero-order valence-electron chi connectivity index (χ0n) is 8.31. The molecular weight excluding hydrogens is 150 g/mol. The number of hydrogen-bond acceptors (Lipinski definition) is 1. The Balaban J connectivity index is 2.55. The van der Waals surface area contributed by atoms with E-state index in [1.165, 1.54) is 12.8 Å². The van der Waals surface area contributed by atoms with Crippen LogP contribution in [0.15, 0.2) is 0 Å². The van der Waals surface area contributed by atoms with E-state index < -0.39 is 0 Å². The Morgan fingerprint density at radius 1 is 1.42 bits per heavy atom. The van der Waals surface area contributed by atoms with Gasteiger partial charge in [-0.2, -0.15) is 0 Å². The molecule has 1 rings (SSSR count). The minimum atomic E-state index is -0.0821. The molecular formula is C10H19NO. The molecule has 1 aliphatic rings. The lowest BCUT2D eigenvalue weighted by Gasteiger charge is -2.34. The lowest BCUT2D eigenvalue weighted by Crippen LogP contribution is -2.39. The van der Waals surface area contributed by atoms with E-state index in [9.17, 15) is 4.79 Å². The number of rotatable bonds is 1. The zero-order valence-corrected chi connectivity index (χ0v) is 8.31. The molecule has 1 N–H and O–H groups in total. The highest BCUT2D eigenvalue weighted by molar-refractivity contribution is 5.81. The number of nitrogens with one attached hydrogen (secondary N) is 1. The van der Waals surface area contributed by atoms with Crippen molar-refractivity contribution < 1.29 is 4.79 Å². The van der Waals surface area contributed by atoms with Crippen LogP contribution in [-0.4, -0.2) is 13.0 Å². The van der Waals surface area contributed by atoms with Crippen molar-refractivity contribution in [1.29, 1.82) is 0 Å². The number of carbonyl (C=O) groups is 1. The van der Waals surface area contributed by atoms with E-state index in [0.29, 0.717) is 0 Å². The Kier molecular flexibility index (Phi) is 2.76. The van der Waals surface area contributed by atoms with Crippen LogP contribution in [0.2, 0.25) is 0 Å².